The highest BCUT2D eigenvalue weighted by molar-refractivity contribution is 5.79. The number of hydrogen-bond acceptors (Lipinski definition) is 4. The summed E-state index contributed by atoms with van der Waals surface area (Å²) in [5.41, 5.74) is 0.977. The van der Waals surface area contributed by atoms with Crippen molar-refractivity contribution in [2.75, 3.05) is 6.61 Å². The van der Waals surface area contributed by atoms with Gasteiger partial charge in [-0.25, -0.2) is 4.68 Å². The molecular formula is C12H12N4O. The molecule has 1 aromatic carbocycles. The van der Waals surface area contributed by atoms with Crippen LogP contribution in [-0.4, -0.2) is 27.7 Å². The molecule has 0 aliphatic heterocycles. The Bertz CT molecular complexity index is 488. The fourth-order valence-electron chi connectivity index (χ4n) is 1.19. The fraction of sp³-hybridized carbons (Fsp3) is 0.0833. The quantitative estimate of drug-likeness (QED) is 0.578. The number of benzene rings is 1. The van der Waals surface area contributed by atoms with E-state index >= 15 is 0 Å². The van der Waals surface area contributed by atoms with Gasteiger partial charge in [-0.1, -0.05) is 12.7 Å². The van der Waals surface area contributed by atoms with Crippen LogP contribution in [0.2, 0.25) is 0 Å². The molecule has 0 unspecified atom stereocenters. The van der Waals surface area contributed by atoms with E-state index in [2.05, 4.69) is 21.9 Å². The number of ether oxygens (including phenoxy) is 1. The predicted molar refractivity (Wildman–Crippen MR) is 65.1 cm³/mol. The summed E-state index contributed by atoms with van der Waals surface area (Å²) in [7, 11) is 0. The molecule has 2 aromatic rings. The molecule has 0 spiro atoms. The normalized spacial score (nSPS) is 10.6. The van der Waals surface area contributed by atoms with Crippen LogP contribution in [0, 0.1) is 0 Å². The van der Waals surface area contributed by atoms with Crippen molar-refractivity contribution in [2.45, 2.75) is 0 Å². The van der Waals surface area contributed by atoms with Crippen molar-refractivity contribution in [1.82, 2.24) is 14.9 Å². The van der Waals surface area contributed by atoms with E-state index in [0.29, 0.717) is 6.61 Å². The summed E-state index contributed by atoms with van der Waals surface area (Å²) in [6, 6.07) is 7.62. The zero-order chi connectivity index (χ0) is 11.9. The van der Waals surface area contributed by atoms with Crippen molar-refractivity contribution in [3.8, 4) is 5.75 Å². The lowest BCUT2D eigenvalue weighted by Crippen LogP contribution is -1.93. The summed E-state index contributed by atoms with van der Waals surface area (Å²) in [5.74, 6) is 0.811. The van der Waals surface area contributed by atoms with Crippen LogP contribution in [0.3, 0.4) is 0 Å². The average molecular weight is 228 g/mol. The second kappa shape index (κ2) is 5.60. The third kappa shape index (κ3) is 3.27. The Morgan fingerprint density at radius 1 is 1.24 bits per heavy atom. The molecule has 0 saturated carbocycles. The third-order valence-electron chi connectivity index (χ3n) is 1.99. The largest absolute Gasteiger partial charge is 0.490 e. The zero-order valence-corrected chi connectivity index (χ0v) is 9.23. The Balaban J connectivity index is 2.00. The Hall–Kier alpha value is -2.43. The maximum absolute atomic E-state index is 5.37. The molecule has 5 nitrogen and oxygen atoms in total. The summed E-state index contributed by atoms with van der Waals surface area (Å²) in [6.07, 6.45) is 6.48. The molecular weight excluding hydrogens is 216 g/mol. The molecule has 5 heteroatoms. The summed E-state index contributed by atoms with van der Waals surface area (Å²) < 4.78 is 6.90. The first-order valence-electron chi connectivity index (χ1n) is 5.11. The van der Waals surface area contributed by atoms with Crippen molar-refractivity contribution >= 4 is 6.21 Å². The molecule has 0 amide bonds. The van der Waals surface area contributed by atoms with Gasteiger partial charge in [0.2, 0.25) is 0 Å². The number of hydrogen-bond donors (Lipinski definition) is 0. The molecule has 2 rings (SSSR count). The van der Waals surface area contributed by atoms with E-state index in [9.17, 15) is 0 Å². The standard InChI is InChI=1S/C12H12N4O/c1-2-7-17-12-5-3-11(4-6-12)8-15-16-9-13-14-10-16/h2-6,8-10H,1,7H2/b15-8-. The molecule has 0 N–H and O–H groups in total. The number of aromatic nitrogens is 3. The van der Waals surface area contributed by atoms with Gasteiger partial charge in [-0.2, -0.15) is 5.10 Å². The summed E-state index contributed by atoms with van der Waals surface area (Å²) in [5, 5.41) is 11.4. The minimum atomic E-state index is 0.508. The van der Waals surface area contributed by atoms with Crippen LogP contribution < -0.4 is 4.74 Å². The third-order valence-corrected chi connectivity index (χ3v) is 1.99. The smallest absolute Gasteiger partial charge is 0.141 e. The van der Waals surface area contributed by atoms with Gasteiger partial charge in [-0.05, 0) is 29.8 Å². The lowest BCUT2D eigenvalue weighted by Gasteiger charge is -2.02. The van der Waals surface area contributed by atoms with Crippen LogP contribution >= 0.6 is 0 Å². The van der Waals surface area contributed by atoms with Crippen molar-refractivity contribution < 1.29 is 4.74 Å². The van der Waals surface area contributed by atoms with Gasteiger partial charge in [0.05, 0.1) is 6.21 Å². The SMILES string of the molecule is C=CCOc1ccc(/C=N\n2cnnc2)cc1. The zero-order valence-electron chi connectivity index (χ0n) is 9.23. The van der Waals surface area contributed by atoms with Crippen LogP contribution in [0.1, 0.15) is 5.56 Å². The molecule has 0 saturated heterocycles. The van der Waals surface area contributed by atoms with Crippen LogP contribution in [-0.2, 0) is 0 Å². The maximum Gasteiger partial charge on any atom is 0.141 e. The van der Waals surface area contributed by atoms with Gasteiger partial charge in [0.15, 0.2) is 0 Å². The Morgan fingerprint density at radius 3 is 2.59 bits per heavy atom. The Morgan fingerprint density at radius 2 is 1.94 bits per heavy atom. The molecule has 1 heterocycles. The first kappa shape index (κ1) is 11.1. The van der Waals surface area contributed by atoms with E-state index in [0.717, 1.165) is 11.3 Å². The first-order chi connectivity index (χ1) is 8.38. The van der Waals surface area contributed by atoms with Gasteiger partial charge in [0.25, 0.3) is 0 Å². The van der Waals surface area contributed by atoms with E-state index in [1.54, 1.807) is 12.3 Å². The molecule has 86 valence electrons. The van der Waals surface area contributed by atoms with Crippen LogP contribution in [0.15, 0.2) is 54.7 Å². The molecule has 0 bridgehead atoms. The Labute approximate surface area is 99.1 Å². The van der Waals surface area contributed by atoms with Crippen LogP contribution in [0.5, 0.6) is 5.75 Å². The maximum atomic E-state index is 5.37. The van der Waals surface area contributed by atoms with E-state index in [4.69, 9.17) is 4.74 Å². The van der Waals surface area contributed by atoms with Crippen molar-refractivity contribution in [3.63, 3.8) is 0 Å². The van der Waals surface area contributed by atoms with E-state index in [1.165, 1.54) is 17.3 Å². The molecule has 1 aromatic heterocycles. The number of nitrogens with zero attached hydrogens (tertiary/aromatic N) is 4. The van der Waals surface area contributed by atoms with E-state index in [1.807, 2.05) is 24.3 Å². The second-order valence-corrected chi connectivity index (χ2v) is 3.26. The Kier molecular flexibility index (Phi) is 3.64. The second-order valence-electron chi connectivity index (χ2n) is 3.26. The van der Waals surface area contributed by atoms with Crippen LogP contribution in [0.25, 0.3) is 0 Å². The molecule has 0 aliphatic rings. The summed E-state index contributed by atoms with van der Waals surface area (Å²) >= 11 is 0. The van der Waals surface area contributed by atoms with Gasteiger partial charge in [-0.3, -0.25) is 0 Å². The highest BCUT2D eigenvalue weighted by Gasteiger charge is 1.92. The highest BCUT2D eigenvalue weighted by Crippen LogP contribution is 2.10. The molecule has 17 heavy (non-hydrogen) atoms. The van der Waals surface area contributed by atoms with E-state index in [-0.39, 0.29) is 0 Å². The van der Waals surface area contributed by atoms with Gasteiger partial charge in [0.1, 0.15) is 25.0 Å². The fourth-order valence-corrected chi connectivity index (χ4v) is 1.19. The molecule has 0 fully saturated rings. The van der Waals surface area contributed by atoms with Crippen molar-refractivity contribution in [3.05, 3.63) is 55.1 Å². The van der Waals surface area contributed by atoms with Crippen molar-refractivity contribution in [1.29, 1.82) is 0 Å². The van der Waals surface area contributed by atoms with Gasteiger partial charge in [0, 0.05) is 0 Å². The minimum absolute atomic E-state index is 0.508. The summed E-state index contributed by atoms with van der Waals surface area (Å²) in [4.78, 5) is 0. The molecule has 0 radical (unpaired) electrons. The van der Waals surface area contributed by atoms with Gasteiger partial charge >= 0.3 is 0 Å². The molecule has 0 aliphatic carbocycles. The van der Waals surface area contributed by atoms with Crippen molar-refractivity contribution in [2.24, 2.45) is 5.10 Å². The first-order valence-corrected chi connectivity index (χ1v) is 5.11. The van der Waals surface area contributed by atoms with Crippen LogP contribution in [0.4, 0.5) is 0 Å². The number of rotatable bonds is 5. The summed E-state index contributed by atoms with van der Waals surface area (Å²) in [6.45, 7) is 4.10. The topological polar surface area (TPSA) is 52.3 Å². The van der Waals surface area contributed by atoms with Gasteiger partial charge in [-0.15, -0.1) is 10.2 Å². The monoisotopic (exact) mass is 228 g/mol. The average Bonchev–Trinajstić information content (AvgIpc) is 2.88. The van der Waals surface area contributed by atoms with Gasteiger partial charge < -0.3 is 4.74 Å². The van der Waals surface area contributed by atoms with E-state index < -0.39 is 0 Å². The lowest BCUT2D eigenvalue weighted by molar-refractivity contribution is 0.363. The predicted octanol–water partition coefficient (Wildman–Crippen LogP) is 1.73. The molecule has 0 atom stereocenters. The highest BCUT2D eigenvalue weighted by atomic mass is 16.5. The lowest BCUT2D eigenvalue weighted by atomic mass is 10.2. The minimum Gasteiger partial charge on any atom is -0.490 e.